The molecule has 0 spiro atoms. The highest BCUT2D eigenvalue weighted by Crippen LogP contribution is 2.35. The summed E-state index contributed by atoms with van der Waals surface area (Å²) in [5.41, 5.74) is 0.796. The molecule has 3 rings (SSSR count). The maximum Gasteiger partial charge on any atom is 0.338 e. The molecule has 1 saturated carbocycles. The van der Waals surface area contributed by atoms with Crippen molar-refractivity contribution in [3.8, 4) is 6.07 Å². The van der Waals surface area contributed by atoms with Gasteiger partial charge in [0.15, 0.2) is 6.61 Å². The normalized spacial score (nSPS) is 21.2. The van der Waals surface area contributed by atoms with Crippen molar-refractivity contribution in [1.29, 1.82) is 5.26 Å². The van der Waals surface area contributed by atoms with Gasteiger partial charge in [0.1, 0.15) is 6.42 Å². The van der Waals surface area contributed by atoms with Crippen molar-refractivity contribution in [3.05, 3.63) is 29.8 Å². The van der Waals surface area contributed by atoms with Crippen LogP contribution < -0.4 is 5.32 Å². The summed E-state index contributed by atoms with van der Waals surface area (Å²) < 4.78 is 5.22. The van der Waals surface area contributed by atoms with Gasteiger partial charge >= 0.3 is 5.97 Å². The average Bonchev–Trinajstić information content (AvgIpc) is 2.72. The molecule has 0 radical (unpaired) electrons. The van der Waals surface area contributed by atoms with Crippen LogP contribution in [0.4, 0.5) is 5.69 Å². The van der Waals surface area contributed by atoms with Crippen molar-refractivity contribution in [2.45, 2.75) is 51.0 Å². The molecule has 1 aliphatic carbocycles. The number of nitrogens with one attached hydrogen (secondary N) is 1. The van der Waals surface area contributed by atoms with Crippen molar-refractivity contribution in [1.82, 2.24) is 4.90 Å². The number of rotatable bonds is 5. The molecule has 2 aliphatic rings. The third-order valence-electron chi connectivity index (χ3n) is 5.53. The van der Waals surface area contributed by atoms with E-state index < -0.39 is 11.9 Å². The number of hydrogen-bond donors (Lipinski definition) is 1. The molecule has 0 aromatic heterocycles. The molecular weight excluding hydrogens is 358 g/mol. The number of fused-ring (bicyclic) bond motifs is 1. The van der Waals surface area contributed by atoms with E-state index in [4.69, 9.17) is 10.00 Å². The Morgan fingerprint density at radius 1 is 1.11 bits per heavy atom. The van der Waals surface area contributed by atoms with Gasteiger partial charge in [-0.25, -0.2) is 4.79 Å². The maximum absolute atomic E-state index is 12.6. The van der Waals surface area contributed by atoms with Gasteiger partial charge in [-0.1, -0.05) is 12.8 Å². The van der Waals surface area contributed by atoms with Gasteiger partial charge in [0.2, 0.25) is 5.91 Å². The fourth-order valence-electron chi connectivity index (χ4n) is 4.19. The van der Waals surface area contributed by atoms with E-state index in [1.165, 1.54) is 31.4 Å². The number of anilines is 1. The van der Waals surface area contributed by atoms with E-state index in [0.29, 0.717) is 23.2 Å². The monoisotopic (exact) mass is 383 g/mol. The van der Waals surface area contributed by atoms with E-state index in [2.05, 4.69) is 5.32 Å². The van der Waals surface area contributed by atoms with E-state index >= 15 is 0 Å². The molecular formula is C21H25N3O4. The fourth-order valence-corrected chi connectivity index (χ4v) is 4.19. The summed E-state index contributed by atoms with van der Waals surface area (Å²) in [6, 6.07) is 8.23. The van der Waals surface area contributed by atoms with Crippen molar-refractivity contribution in [2.24, 2.45) is 5.92 Å². The zero-order valence-corrected chi connectivity index (χ0v) is 15.9. The molecule has 2 atom stereocenters. The number of benzene rings is 1. The Labute approximate surface area is 164 Å². The summed E-state index contributed by atoms with van der Waals surface area (Å²) in [5.74, 6) is -0.511. The summed E-state index contributed by atoms with van der Waals surface area (Å²) in [4.78, 5) is 38.1. The number of carbonyl (C=O) groups is 3. The van der Waals surface area contributed by atoms with Crippen LogP contribution in [-0.2, 0) is 14.3 Å². The van der Waals surface area contributed by atoms with Crippen LogP contribution in [0.3, 0.4) is 0 Å². The lowest BCUT2D eigenvalue weighted by Gasteiger charge is -2.44. The highest BCUT2D eigenvalue weighted by atomic mass is 16.5. The molecule has 1 aliphatic heterocycles. The lowest BCUT2D eigenvalue weighted by atomic mass is 9.78. The van der Waals surface area contributed by atoms with Gasteiger partial charge in [-0.3, -0.25) is 9.59 Å². The number of nitriles is 1. The largest absolute Gasteiger partial charge is 0.452 e. The first-order chi connectivity index (χ1) is 13.6. The van der Waals surface area contributed by atoms with Crippen LogP contribution in [-0.4, -0.2) is 41.9 Å². The summed E-state index contributed by atoms with van der Waals surface area (Å²) in [7, 11) is 0. The molecule has 1 heterocycles. The molecule has 2 fully saturated rings. The SMILES string of the molecule is N#CCC(=O)Nc1ccc(C(=O)OCC(=O)N2CCC[C@@H]3CCCC[C@H]32)cc1. The van der Waals surface area contributed by atoms with Crippen LogP contribution in [0.2, 0.25) is 0 Å². The second-order valence-electron chi connectivity index (χ2n) is 7.38. The van der Waals surface area contributed by atoms with Crippen molar-refractivity contribution in [2.75, 3.05) is 18.5 Å². The summed E-state index contributed by atoms with van der Waals surface area (Å²) in [6.07, 6.45) is 6.59. The Hall–Kier alpha value is -2.88. The topological polar surface area (TPSA) is 99.5 Å². The second kappa shape index (κ2) is 9.36. The highest BCUT2D eigenvalue weighted by Gasteiger charge is 2.35. The third kappa shape index (κ3) is 4.89. The lowest BCUT2D eigenvalue weighted by Crippen LogP contribution is -2.50. The molecule has 1 aromatic carbocycles. The zero-order chi connectivity index (χ0) is 19.9. The Balaban J connectivity index is 1.51. The van der Waals surface area contributed by atoms with E-state index in [0.717, 1.165) is 25.8 Å². The van der Waals surface area contributed by atoms with Gasteiger partial charge in [-0.2, -0.15) is 5.26 Å². The number of esters is 1. The number of nitrogens with zero attached hydrogens (tertiary/aromatic N) is 2. The minimum atomic E-state index is -0.569. The summed E-state index contributed by atoms with van der Waals surface area (Å²) in [5, 5.41) is 11.0. The first-order valence-corrected chi connectivity index (χ1v) is 9.82. The number of piperidine rings is 1. The van der Waals surface area contributed by atoms with Crippen molar-refractivity contribution in [3.63, 3.8) is 0 Å². The molecule has 1 saturated heterocycles. The molecule has 148 valence electrons. The van der Waals surface area contributed by atoms with Gasteiger partial charge in [0, 0.05) is 18.3 Å². The smallest absolute Gasteiger partial charge is 0.338 e. The molecule has 7 nitrogen and oxygen atoms in total. The van der Waals surface area contributed by atoms with Gasteiger partial charge in [-0.05, 0) is 55.9 Å². The third-order valence-corrected chi connectivity index (χ3v) is 5.53. The van der Waals surface area contributed by atoms with E-state index in [1.807, 2.05) is 4.90 Å². The quantitative estimate of drug-likeness (QED) is 0.788. The van der Waals surface area contributed by atoms with Crippen LogP contribution in [0.25, 0.3) is 0 Å². The molecule has 1 N–H and O–H groups in total. The van der Waals surface area contributed by atoms with E-state index in [-0.39, 0.29) is 18.9 Å². The Morgan fingerprint density at radius 2 is 1.82 bits per heavy atom. The molecule has 2 amide bonds. The lowest BCUT2D eigenvalue weighted by molar-refractivity contribution is -0.140. The number of likely N-dealkylation sites (tertiary alicyclic amines) is 1. The van der Waals surface area contributed by atoms with Crippen molar-refractivity contribution < 1.29 is 19.1 Å². The Morgan fingerprint density at radius 3 is 2.57 bits per heavy atom. The van der Waals surface area contributed by atoms with Crippen LogP contribution in [0.1, 0.15) is 55.3 Å². The van der Waals surface area contributed by atoms with E-state index in [9.17, 15) is 14.4 Å². The fraction of sp³-hybridized carbons (Fsp3) is 0.524. The minimum absolute atomic E-state index is 0.120. The van der Waals surface area contributed by atoms with Crippen LogP contribution in [0.15, 0.2) is 24.3 Å². The Kier molecular flexibility index (Phi) is 6.64. The summed E-state index contributed by atoms with van der Waals surface area (Å²) >= 11 is 0. The number of ether oxygens (including phenoxy) is 1. The number of amides is 2. The molecule has 1 aromatic rings. The van der Waals surface area contributed by atoms with Crippen LogP contribution >= 0.6 is 0 Å². The molecule has 7 heteroatoms. The molecule has 0 bridgehead atoms. The summed E-state index contributed by atoms with van der Waals surface area (Å²) in [6.45, 7) is 0.497. The number of carbonyl (C=O) groups excluding carboxylic acids is 3. The van der Waals surface area contributed by atoms with Gasteiger partial charge in [-0.15, -0.1) is 0 Å². The average molecular weight is 383 g/mol. The van der Waals surface area contributed by atoms with Crippen LogP contribution in [0, 0.1) is 17.2 Å². The highest BCUT2D eigenvalue weighted by molar-refractivity contribution is 5.94. The second-order valence-corrected chi connectivity index (χ2v) is 7.38. The Bertz CT molecular complexity index is 767. The first kappa shape index (κ1) is 19.9. The minimum Gasteiger partial charge on any atom is -0.452 e. The predicted molar refractivity (Wildman–Crippen MR) is 102 cm³/mol. The van der Waals surface area contributed by atoms with E-state index in [1.54, 1.807) is 18.2 Å². The standard InChI is InChI=1S/C21H25N3O4/c22-12-11-19(25)23-17-9-7-16(8-10-17)21(27)28-14-20(26)24-13-3-5-15-4-1-2-6-18(15)24/h7-10,15,18H,1-6,11,13-14H2,(H,23,25)/t15-,18+/m0/s1. The maximum atomic E-state index is 12.6. The molecule has 0 unspecified atom stereocenters. The van der Waals surface area contributed by atoms with Gasteiger partial charge in [0.05, 0.1) is 11.6 Å². The zero-order valence-electron chi connectivity index (χ0n) is 15.9. The van der Waals surface area contributed by atoms with Crippen LogP contribution in [0.5, 0.6) is 0 Å². The number of hydrogen-bond acceptors (Lipinski definition) is 5. The van der Waals surface area contributed by atoms with Gasteiger partial charge in [0.25, 0.3) is 5.91 Å². The first-order valence-electron chi connectivity index (χ1n) is 9.82. The predicted octanol–water partition coefficient (Wildman–Crippen LogP) is 2.88. The molecule has 28 heavy (non-hydrogen) atoms. The van der Waals surface area contributed by atoms with Crippen molar-refractivity contribution >= 4 is 23.5 Å². The van der Waals surface area contributed by atoms with Gasteiger partial charge < -0.3 is 15.0 Å².